The van der Waals surface area contributed by atoms with Crippen LogP contribution in [0.5, 0.6) is 0 Å². The van der Waals surface area contributed by atoms with Gasteiger partial charge in [-0.15, -0.1) is 0 Å². The van der Waals surface area contributed by atoms with Crippen molar-refractivity contribution in [3.63, 3.8) is 0 Å². The number of amides is 2. The van der Waals surface area contributed by atoms with Gasteiger partial charge in [-0.05, 0) is 26.0 Å². The van der Waals surface area contributed by atoms with Crippen LogP contribution in [0, 0.1) is 24.2 Å². The van der Waals surface area contributed by atoms with E-state index in [-0.39, 0.29) is 47.4 Å². The van der Waals surface area contributed by atoms with Crippen LogP contribution in [-0.2, 0) is 9.59 Å². The first-order valence-corrected chi connectivity index (χ1v) is 8.13. The fourth-order valence-corrected chi connectivity index (χ4v) is 3.12. The van der Waals surface area contributed by atoms with Gasteiger partial charge in [-0.25, -0.2) is 0 Å². The summed E-state index contributed by atoms with van der Waals surface area (Å²) in [5.41, 5.74) is 0.905. The second-order valence-corrected chi connectivity index (χ2v) is 6.14. The number of nitriles is 1. The lowest BCUT2D eigenvalue weighted by molar-refractivity contribution is -0.122. The standard InChI is InChI=1S/C19H17N3O4/c1-11(23)17-12(2)26-19(15(17)9-20)21-18(25)13-8-16(24)22(10-13)14-6-4-3-5-7-14/h3-7,13H,8,10H2,1-2H3,(H,21,25). The average molecular weight is 351 g/mol. The van der Waals surface area contributed by atoms with E-state index < -0.39 is 11.8 Å². The van der Waals surface area contributed by atoms with Gasteiger partial charge in [0.15, 0.2) is 5.78 Å². The molecule has 0 aliphatic carbocycles. The molecule has 1 aliphatic rings. The van der Waals surface area contributed by atoms with E-state index in [1.807, 2.05) is 24.3 Å². The summed E-state index contributed by atoms with van der Waals surface area (Å²) in [6, 6.07) is 11.0. The molecule has 0 saturated carbocycles. The van der Waals surface area contributed by atoms with Crippen molar-refractivity contribution in [1.82, 2.24) is 0 Å². The van der Waals surface area contributed by atoms with E-state index in [0.29, 0.717) is 0 Å². The van der Waals surface area contributed by atoms with E-state index in [4.69, 9.17) is 4.42 Å². The van der Waals surface area contributed by atoms with Crippen molar-refractivity contribution in [1.29, 1.82) is 5.26 Å². The molecule has 2 amide bonds. The molecular formula is C19H17N3O4. The maximum absolute atomic E-state index is 12.6. The zero-order chi connectivity index (χ0) is 18.8. The molecule has 1 aromatic heterocycles. The molecule has 1 aliphatic heterocycles. The van der Waals surface area contributed by atoms with Crippen LogP contribution in [0.1, 0.15) is 35.0 Å². The Labute approximate surface area is 150 Å². The van der Waals surface area contributed by atoms with Crippen LogP contribution in [0.25, 0.3) is 0 Å². The van der Waals surface area contributed by atoms with E-state index in [2.05, 4.69) is 5.32 Å². The number of ketones is 1. The molecule has 1 atom stereocenters. The molecule has 3 rings (SSSR count). The molecule has 26 heavy (non-hydrogen) atoms. The molecule has 1 fully saturated rings. The highest BCUT2D eigenvalue weighted by Gasteiger charge is 2.36. The number of nitrogens with one attached hydrogen (secondary N) is 1. The average Bonchev–Trinajstić information content (AvgIpc) is 3.15. The molecule has 0 radical (unpaired) electrons. The number of Topliss-reactive ketones (excluding diaryl/α,β-unsaturated/α-hetero) is 1. The smallest absolute Gasteiger partial charge is 0.232 e. The second kappa shape index (κ2) is 6.84. The Hall–Kier alpha value is -3.40. The lowest BCUT2D eigenvalue weighted by atomic mass is 10.1. The number of aryl methyl sites for hydroxylation is 1. The summed E-state index contributed by atoms with van der Waals surface area (Å²) < 4.78 is 5.39. The monoisotopic (exact) mass is 351 g/mol. The fraction of sp³-hybridized carbons (Fsp3) is 0.263. The van der Waals surface area contributed by atoms with Crippen molar-refractivity contribution >= 4 is 29.2 Å². The molecule has 2 heterocycles. The molecule has 1 N–H and O–H groups in total. The molecular weight excluding hydrogens is 334 g/mol. The largest absolute Gasteiger partial charge is 0.443 e. The summed E-state index contributed by atoms with van der Waals surface area (Å²) in [7, 11) is 0. The predicted octanol–water partition coefficient (Wildman–Crippen LogP) is 2.65. The molecule has 1 unspecified atom stereocenters. The van der Waals surface area contributed by atoms with E-state index >= 15 is 0 Å². The van der Waals surface area contributed by atoms with Crippen LogP contribution in [0.3, 0.4) is 0 Å². The number of furan rings is 1. The van der Waals surface area contributed by atoms with Gasteiger partial charge in [0.1, 0.15) is 17.4 Å². The molecule has 0 bridgehead atoms. The summed E-state index contributed by atoms with van der Waals surface area (Å²) in [6.07, 6.45) is 0.0713. The van der Waals surface area contributed by atoms with Crippen LogP contribution in [-0.4, -0.2) is 24.1 Å². The number of hydrogen-bond donors (Lipinski definition) is 1. The third-order valence-corrected chi connectivity index (χ3v) is 4.35. The van der Waals surface area contributed by atoms with Gasteiger partial charge >= 0.3 is 0 Å². The maximum Gasteiger partial charge on any atom is 0.232 e. The minimum absolute atomic E-state index is 0.00703. The summed E-state index contributed by atoms with van der Waals surface area (Å²) in [6.45, 7) is 3.14. The molecule has 132 valence electrons. The molecule has 2 aromatic rings. The Morgan fingerprint density at radius 1 is 1.31 bits per heavy atom. The number of carbonyl (C=O) groups excluding carboxylic acids is 3. The van der Waals surface area contributed by atoms with Crippen LogP contribution in [0.2, 0.25) is 0 Å². The number of carbonyl (C=O) groups is 3. The van der Waals surface area contributed by atoms with E-state index in [1.54, 1.807) is 24.0 Å². The van der Waals surface area contributed by atoms with Crippen molar-refractivity contribution < 1.29 is 18.8 Å². The number of benzene rings is 1. The van der Waals surface area contributed by atoms with Gasteiger partial charge in [-0.3, -0.25) is 19.7 Å². The molecule has 1 saturated heterocycles. The van der Waals surface area contributed by atoms with Gasteiger partial charge in [-0.2, -0.15) is 5.26 Å². The summed E-state index contributed by atoms with van der Waals surface area (Å²) >= 11 is 0. The van der Waals surface area contributed by atoms with Crippen molar-refractivity contribution in [3.05, 3.63) is 47.2 Å². The van der Waals surface area contributed by atoms with Crippen LogP contribution < -0.4 is 10.2 Å². The minimum atomic E-state index is -0.569. The van der Waals surface area contributed by atoms with Gasteiger partial charge in [-0.1, -0.05) is 18.2 Å². The number of hydrogen-bond acceptors (Lipinski definition) is 5. The van der Waals surface area contributed by atoms with Crippen LogP contribution in [0.4, 0.5) is 11.6 Å². The van der Waals surface area contributed by atoms with Crippen LogP contribution in [0.15, 0.2) is 34.7 Å². The van der Waals surface area contributed by atoms with Crippen LogP contribution >= 0.6 is 0 Å². The molecule has 7 heteroatoms. The quantitative estimate of drug-likeness (QED) is 0.853. The first-order chi connectivity index (χ1) is 12.4. The molecule has 7 nitrogen and oxygen atoms in total. The fourth-order valence-electron chi connectivity index (χ4n) is 3.12. The molecule has 1 aromatic carbocycles. The molecule has 0 spiro atoms. The Bertz CT molecular complexity index is 924. The highest BCUT2D eigenvalue weighted by Crippen LogP contribution is 2.29. The van der Waals surface area contributed by atoms with Gasteiger partial charge in [0.05, 0.1) is 11.5 Å². The zero-order valence-electron chi connectivity index (χ0n) is 14.4. The summed E-state index contributed by atoms with van der Waals surface area (Å²) in [4.78, 5) is 38.0. The lowest BCUT2D eigenvalue weighted by Crippen LogP contribution is -2.28. The second-order valence-electron chi connectivity index (χ2n) is 6.14. The highest BCUT2D eigenvalue weighted by atomic mass is 16.4. The predicted molar refractivity (Wildman–Crippen MR) is 93.7 cm³/mol. The van der Waals surface area contributed by atoms with E-state index in [1.165, 1.54) is 6.92 Å². The van der Waals surface area contributed by atoms with Gasteiger partial charge in [0.25, 0.3) is 0 Å². The van der Waals surface area contributed by atoms with Gasteiger partial charge in [0, 0.05) is 18.7 Å². The Kier molecular flexibility index (Phi) is 4.59. The third-order valence-electron chi connectivity index (χ3n) is 4.35. The summed E-state index contributed by atoms with van der Waals surface area (Å²) in [5, 5.41) is 11.8. The Balaban J connectivity index is 1.78. The topological polar surface area (TPSA) is 103 Å². The number of anilines is 2. The first kappa shape index (κ1) is 17.4. The lowest BCUT2D eigenvalue weighted by Gasteiger charge is -2.16. The number of para-hydroxylation sites is 1. The van der Waals surface area contributed by atoms with Crippen molar-refractivity contribution in [3.8, 4) is 6.07 Å². The van der Waals surface area contributed by atoms with Crippen molar-refractivity contribution in [2.75, 3.05) is 16.8 Å². The normalized spacial score (nSPS) is 16.4. The van der Waals surface area contributed by atoms with E-state index in [0.717, 1.165) is 5.69 Å². The summed E-state index contributed by atoms with van der Waals surface area (Å²) in [5.74, 6) is -1.22. The Morgan fingerprint density at radius 3 is 2.62 bits per heavy atom. The SMILES string of the molecule is CC(=O)c1c(C)oc(NC(=O)C2CC(=O)N(c3ccccc3)C2)c1C#N. The van der Waals surface area contributed by atoms with Gasteiger partial charge < -0.3 is 9.32 Å². The first-order valence-electron chi connectivity index (χ1n) is 8.13. The van der Waals surface area contributed by atoms with Crippen molar-refractivity contribution in [2.24, 2.45) is 5.92 Å². The third kappa shape index (κ3) is 3.09. The minimum Gasteiger partial charge on any atom is -0.443 e. The highest BCUT2D eigenvalue weighted by molar-refractivity contribution is 6.05. The number of nitrogens with zero attached hydrogens (tertiary/aromatic N) is 2. The van der Waals surface area contributed by atoms with E-state index in [9.17, 15) is 19.6 Å². The Morgan fingerprint density at radius 2 is 2.00 bits per heavy atom. The maximum atomic E-state index is 12.6. The van der Waals surface area contributed by atoms with Gasteiger partial charge in [0.2, 0.25) is 17.7 Å². The zero-order valence-corrected chi connectivity index (χ0v) is 14.4. The number of rotatable bonds is 4. The van der Waals surface area contributed by atoms with Crippen molar-refractivity contribution in [2.45, 2.75) is 20.3 Å².